The summed E-state index contributed by atoms with van der Waals surface area (Å²) < 4.78 is 1.96. The van der Waals surface area contributed by atoms with Gasteiger partial charge in [-0.05, 0) is 22.4 Å². The minimum Gasteiger partial charge on any atom is -0.336 e. The van der Waals surface area contributed by atoms with Crippen molar-refractivity contribution in [3.63, 3.8) is 0 Å². The molecule has 3 heteroatoms. The lowest BCUT2D eigenvalue weighted by molar-refractivity contribution is 0.747. The van der Waals surface area contributed by atoms with Gasteiger partial charge in [-0.1, -0.05) is 36.4 Å². The van der Waals surface area contributed by atoms with Crippen molar-refractivity contribution >= 4 is 10.8 Å². The van der Waals surface area contributed by atoms with E-state index in [0.29, 0.717) is 0 Å². The van der Waals surface area contributed by atoms with Crippen molar-refractivity contribution < 1.29 is 0 Å². The minimum absolute atomic E-state index is 0.137. The normalized spacial score (nSPS) is 12.8. The molecular formula is C15H15N3. The Balaban J connectivity index is 2.07. The van der Waals surface area contributed by atoms with Gasteiger partial charge in [-0.15, -0.1) is 0 Å². The van der Waals surface area contributed by atoms with Gasteiger partial charge < -0.3 is 10.3 Å². The summed E-state index contributed by atoms with van der Waals surface area (Å²) in [5, 5.41) is 2.45. The number of imidazole rings is 1. The van der Waals surface area contributed by atoms with Crippen LogP contribution in [0.1, 0.15) is 17.3 Å². The molecule has 2 aromatic carbocycles. The number of fused-ring (bicyclic) bond motifs is 1. The molecule has 90 valence electrons. The SMILES string of the molecule is Cn1cncc1C(N)c1ccc2ccccc2c1. The van der Waals surface area contributed by atoms with Crippen molar-refractivity contribution in [2.75, 3.05) is 0 Å². The van der Waals surface area contributed by atoms with E-state index in [9.17, 15) is 0 Å². The van der Waals surface area contributed by atoms with Gasteiger partial charge in [-0.25, -0.2) is 4.98 Å². The highest BCUT2D eigenvalue weighted by Crippen LogP contribution is 2.23. The van der Waals surface area contributed by atoms with E-state index in [1.54, 1.807) is 6.33 Å². The Morgan fingerprint density at radius 3 is 2.61 bits per heavy atom. The Labute approximate surface area is 106 Å². The van der Waals surface area contributed by atoms with Crippen molar-refractivity contribution in [3.8, 4) is 0 Å². The maximum absolute atomic E-state index is 6.29. The summed E-state index contributed by atoms with van der Waals surface area (Å²) in [6, 6.07) is 14.5. The van der Waals surface area contributed by atoms with E-state index in [4.69, 9.17) is 5.73 Å². The quantitative estimate of drug-likeness (QED) is 0.744. The molecule has 3 rings (SSSR count). The van der Waals surface area contributed by atoms with Crippen LogP contribution < -0.4 is 5.73 Å². The van der Waals surface area contributed by atoms with Gasteiger partial charge in [0.1, 0.15) is 0 Å². The Hall–Kier alpha value is -2.13. The summed E-state index contributed by atoms with van der Waals surface area (Å²) >= 11 is 0. The van der Waals surface area contributed by atoms with Crippen molar-refractivity contribution in [2.24, 2.45) is 12.8 Å². The fourth-order valence-corrected chi connectivity index (χ4v) is 2.24. The number of aromatic nitrogens is 2. The first-order valence-electron chi connectivity index (χ1n) is 5.96. The zero-order valence-corrected chi connectivity index (χ0v) is 10.2. The first kappa shape index (κ1) is 11.0. The van der Waals surface area contributed by atoms with Crippen molar-refractivity contribution in [2.45, 2.75) is 6.04 Å². The Morgan fingerprint density at radius 1 is 1.11 bits per heavy atom. The topological polar surface area (TPSA) is 43.8 Å². The monoisotopic (exact) mass is 237 g/mol. The zero-order chi connectivity index (χ0) is 12.5. The third kappa shape index (κ3) is 1.79. The van der Waals surface area contributed by atoms with E-state index in [2.05, 4.69) is 35.3 Å². The molecule has 0 aliphatic carbocycles. The highest BCUT2D eigenvalue weighted by Gasteiger charge is 2.12. The largest absolute Gasteiger partial charge is 0.336 e. The lowest BCUT2D eigenvalue weighted by Gasteiger charge is -2.13. The van der Waals surface area contributed by atoms with Crippen LogP contribution in [-0.2, 0) is 7.05 Å². The van der Waals surface area contributed by atoms with Crippen LogP contribution in [0.5, 0.6) is 0 Å². The number of nitrogens with zero attached hydrogens (tertiary/aromatic N) is 2. The standard InChI is InChI=1S/C15H15N3/c1-18-10-17-9-14(18)15(16)13-7-6-11-4-2-3-5-12(11)8-13/h2-10,15H,16H2,1H3. The molecule has 0 aliphatic heterocycles. The van der Waals surface area contributed by atoms with E-state index in [-0.39, 0.29) is 6.04 Å². The number of aryl methyl sites for hydroxylation is 1. The Morgan fingerprint density at radius 2 is 1.89 bits per heavy atom. The fraction of sp³-hybridized carbons (Fsp3) is 0.133. The molecule has 1 heterocycles. The Bertz CT molecular complexity index is 685. The molecule has 1 unspecified atom stereocenters. The number of nitrogens with two attached hydrogens (primary N) is 1. The first-order chi connectivity index (χ1) is 8.75. The van der Waals surface area contributed by atoms with Crippen LogP contribution in [0.4, 0.5) is 0 Å². The van der Waals surface area contributed by atoms with Gasteiger partial charge >= 0.3 is 0 Å². The third-order valence-corrected chi connectivity index (χ3v) is 3.31. The first-order valence-corrected chi connectivity index (χ1v) is 5.96. The van der Waals surface area contributed by atoms with Gasteiger partial charge in [0.15, 0.2) is 0 Å². The summed E-state index contributed by atoms with van der Waals surface area (Å²) in [4.78, 5) is 4.11. The molecule has 0 saturated heterocycles. The van der Waals surface area contributed by atoms with Crippen LogP contribution in [0.2, 0.25) is 0 Å². The smallest absolute Gasteiger partial charge is 0.0946 e. The number of rotatable bonds is 2. The molecular weight excluding hydrogens is 222 g/mol. The maximum Gasteiger partial charge on any atom is 0.0946 e. The van der Waals surface area contributed by atoms with E-state index in [1.165, 1.54) is 10.8 Å². The molecule has 3 aromatic rings. The number of hydrogen-bond acceptors (Lipinski definition) is 2. The van der Waals surface area contributed by atoms with Crippen LogP contribution in [0.25, 0.3) is 10.8 Å². The van der Waals surface area contributed by atoms with Crippen LogP contribution in [0, 0.1) is 0 Å². The molecule has 3 nitrogen and oxygen atoms in total. The maximum atomic E-state index is 6.29. The fourth-order valence-electron chi connectivity index (χ4n) is 2.24. The van der Waals surface area contributed by atoms with E-state index in [1.807, 2.05) is 29.9 Å². The molecule has 0 saturated carbocycles. The summed E-state index contributed by atoms with van der Waals surface area (Å²) in [6.45, 7) is 0. The average Bonchev–Trinajstić information content (AvgIpc) is 2.83. The average molecular weight is 237 g/mol. The second-order valence-corrected chi connectivity index (χ2v) is 4.51. The molecule has 0 amide bonds. The minimum atomic E-state index is -0.137. The highest BCUT2D eigenvalue weighted by atomic mass is 15.0. The predicted octanol–water partition coefficient (Wildman–Crippen LogP) is 2.62. The molecule has 0 fully saturated rings. The van der Waals surface area contributed by atoms with Gasteiger partial charge in [-0.3, -0.25) is 0 Å². The number of hydrogen-bond donors (Lipinski definition) is 1. The molecule has 1 atom stereocenters. The van der Waals surface area contributed by atoms with Crippen LogP contribution in [0.15, 0.2) is 55.0 Å². The van der Waals surface area contributed by atoms with E-state index < -0.39 is 0 Å². The van der Waals surface area contributed by atoms with Gasteiger partial charge in [-0.2, -0.15) is 0 Å². The molecule has 1 aromatic heterocycles. The second kappa shape index (κ2) is 4.27. The molecule has 18 heavy (non-hydrogen) atoms. The summed E-state index contributed by atoms with van der Waals surface area (Å²) in [7, 11) is 1.96. The summed E-state index contributed by atoms with van der Waals surface area (Å²) in [5.74, 6) is 0. The lowest BCUT2D eigenvalue weighted by atomic mass is 10.0. The molecule has 0 spiro atoms. The molecule has 0 radical (unpaired) electrons. The zero-order valence-electron chi connectivity index (χ0n) is 10.2. The van der Waals surface area contributed by atoms with Crippen LogP contribution in [-0.4, -0.2) is 9.55 Å². The van der Waals surface area contributed by atoms with Gasteiger partial charge in [0.25, 0.3) is 0 Å². The molecule has 0 aliphatic rings. The van der Waals surface area contributed by atoms with Gasteiger partial charge in [0, 0.05) is 7.05 Å². The van der Waals surface area contributed by atoms with Crippen LogP contribution in [0.3, 0.4) is 0 Å². The lowest BCUT2D eigenvalue weighted by Crippen LogP contribution is -2.15. The molecule has 2 N–H and O–H groups in total. The highest BCUT2D eigenvalue weighted by molar-refractivity contribution is 5.83. The number of benzene rings is 2. The Kier molecular flexibility index (Phi) is 2.61. The third-order valence-electron chi connectivity index (χ3n) is 3.31. The molecule has 0 bridgehead atoms. The van der Waals surface area contributed by atoms with E-state index >= 15 is 0 Å². The van der Waals surface area contributed by atoms with Gasteiger partial charge in [0.05, 0.1) is 24.3 Å². The predicted molar refractivity (Wildman–Crippen MR) is 73.2 cm³/mol. The second-order valence-electron chi connectivity index (χ2n) is 4.51. The van der Waals surface area contributed by atoms with E-state index in [0.717, 1.165) is 11.3 Å². The summed E-state index contributed by atoms with van der Waals surface area (Å²) in [6.07, 6.45) is 3.59. The van der Waals surface area contributed by atoms with Crippen molar-refractivity contribution in [1.82, 2.24) is 9.55 Å². The van der Waals surface area contributed by atoms with Crippen LogP contribution >= 0.6 is 0 Å². The van der Waals surface area contributed by atoms with Gasteiger partial charge in [0.2, 0.25) is 0 Å². The summed E-state index contributed by atoms with van der Waals surface area (Å²) in [5.41, 5.74) is 8.42. The van der Waals surface area contributed by atoms with Crippen molar-refractivity contribution in [3.05, 3.63) is 66.2 Å². The van der Waals surface area contributed by atoms with Crippen molar-refractivity contribution in [1.29, 1.82) is 0 Å².